The van der Waals surface area contributed by atoms with E-state index in [1.807, 2.05) is 0 Å². The lowest BCUT2D eigenvalue weighted by Crippen LogP contribution is -2.33. The Morgan fingerprint density at radius 2 is 1.78 bits per heavy atom. The van der Waals surface area contributed by atoms with E-state index in [0.717, 1.165) is 0 Å². The van der Waals surface area contributed by atoms with Crippen LogP contribution in [0, 0.1) is 0 Å². The molecular formula is C8H14Br4ClO4P. The molecule has 4 nitrogen and oxygen atoms in total. The first kappa shape index (κ1) is 20.3. The van der Waals surface area contributed by atoms with Gasteiger partial charge in [-0.1, -0.05) is 63.7 Å². The van der Waals surface area contributed by atoms with Gasteiger partial charge >= 0.3 is 7.82 Å². The van der Waals surface area contributed by atoms with E-state index in [9.17, 15) is 4.57 Å². The Hall–Kier alpha value is 2.32. The van der Waals surface area contributed by atoms with E-state index in [0.29, 0.717) is 28.8 Å². The first-order valence-corrected chi connectivity index (χ1v) is 11.1. The molecule has 0 aromatic rings. The van der Waals surface area contributed by atoms with Crippen molar-refractivity contribution in [3.8, 4) is 0 Å². The number of hydrogen-bond donors (Lipinski definition) is 2. The van der Waals surface area contributed by atoms with Gasteiger partial charge in [-0.05, 0) is 12.8 Å². The van der Waals surface area contributed by atoms with Crippen molar-refractivity contribution >= 4 is 83.1 Å². The third kappa shape index (κ3) is 9.29. The number of phosphoric ester groups is 1. The summed E-state index contributed by atoms with van der Waals surface area (Å²) in [5.74, 6) is 0. The van der Waals surface area contributed by atoms with Crippen molar-refractivity contribution in [3.05, 3.63) is 0 Å². The number of halogens is 5. The van der Waals surface area contributed by atoms with E-state index >= 15 is 0 Å². The number of hydrogen-bond acceptors (Lipinski definition) is 2. The van der Waals surface area contributed by atoms with Crippen molar-refractivity contribution in [3.63, 3.8) is 0 Å². The van der Waals surface area contributed by atoms with Crippen LogP contribution in [-0.2, 0) is 9.09 Å². The predicted molar refractivity (Wildman–Crippen MR) is 88.8 cm³/mol. The van der Waals surface area contributed by atoms with Crippen LogP contribution in [0.1, 0.15) is 12.8 Å². The summed E-state index contributed by atoms with van der Waals surface area (Å²) in [7, 11) is -4.52. The number of alkyl halides is 5. The molecule has 18 heavy (non-hydrogen) atoms. The molecule has 0 saturated carbocycles. The van der Waals surface area contributed by atoms with Crippen LogP contribution in [0.4, 0.5) is 0 Å². The molecule has 0 saturated heterocycles. The summed E-state index contributed by atoms with van der Waals surface area (Å²) in [5.41, 5.74) is 0. The lowest BCUT2D eigenvalue weighted by Gasteiger charge is -2.28. The summed E-state index contributed by atoms with van der Waals surface area (Å²) in [5, 5.41) is 1.65. The minimum atomic E-state index is -4.52. The van der Waals surface area contributed by atoms with Crippen molar-refractivity contribution in [2.75, 3.05) is 16.0 Å². The fourth-order valence-corrected chi connectivity index (χ4v) is 4.05. The van der Waals surface area contributed by atoms with E-state index in [1.54, 1.807) is 0 Å². The van der Waals surface area contributed by atoms with E-state index in [-0.39, 0.29) is 4.83 Å². The van der Waals surface area contributed by atoms with Crippen molar-refractivity contribution in [2.45, 2.75) is 28.6 Å². The fourth-order valence-electron chi connectivity index (χ4n) is 1.26. The zero-order valence-electron chi connectivity index (χ0n) is 9.24. The third-order valence-corrected chi connectivity index (χ3v) is 8.18. The summed E-state index contributed by atoms with van der Waals surface area (Å²) in [6, 6.07) is 0. The Labute approximate surface area is 145 Å². The van der Waals surface area contributed by atoms with Crippen LogP contribution in [0.2, 0.25) is 0 Å². The molecule has 0 aliphatic rings. The molecule has 0 rings (SSSR count). The van der Waals surface area contributed by atoms with Gasteiger partial charge in [0.05, 0.1) is 11.0 Å². The number of rotatable bonds is 9. The van der Waals surface area contributed by atoms with Crippen LogP contribution in [-0.4, -0.2) is 41.6 Å². The average Bonchev–Trinajstić information content (AvgIpc) is 2.26. The molecule has 0 amide bonds. The minimum Gasteiger partial charge on any atom is -0.303 e. The molecule has 110 valence electrons. The van der Waals surface area contributed by atoms with Crippen LogP contribution in [0.25, 0.3) is 0 Å². The van der Waals surface area contributed by atoms with Gasteiger partial charge in [-0.25, -0.2) is 4.57 Å². The molecule has 0 heterocycles. The van der Waals surface area contributed by atoms with Crippen molar-refractivity contribution < 1.29 is 18.9 Å². The predicted octanol–water partition coefficient (Wildman–Crippen LogP) is 4.17. The summed E-state index contributed by atoms with van der Waals surface area (Å²) in [6.07, 6.45) is 0.149. The van der Waals surface area contributed by atoms with Gasteiger partial charge in [-0.2, -0.15) is 0 Å². The molecule has 0 fully saturated rings. The second-order valence-corrected chi connectivity index (χ2v) is 8.89. The van der Waals surface area contributed by atoms with E-state index < -0.39 is 18.8 Å². The fraction of sp³-hybridized carbons (Fsp3) is 1.00. The molecule has 2 unspecified atom stereocenters. The van der Waals surface area contributed by atoms with Gasteiger partial charge in [-0.15, -0.1) is 11.6 Å². The highest BCUT2D eigenvalue weighted by Gasteiger charge is 2.33. The van der Waals surface area contributed by atoms with Gasteiger partial charge in [-0.3, -0.25) is 4.52 Å². The van der Waals surface area contributed by atoms with E-state index in [1.165, 1.54) is 0 Å². The largest absolute Gasteiger partial charge is 0.469 e. The molecule has 0 spiro atoms. The molecule has 0 radical (unpaired) electrons. The van der Waals surface area contributed by atoms with Gasteiger partial charge in [0.25, 0.3) is 0 Å². The van der Waals surface area contributed by atoms with Gasteiger partial charge in [0.15, 0.2) is 0 Å². The zero-order chi connectivity index (χ0) is 14.4. The highest BCUT2D eigenvalue weighted by Crippen LogP contribution is 2.42. The Morgan fingerprint density at radius 1 is 1.28 bits per heavy atom. The smallest absolute Gasteiger partial charge is 0.303 e. The van der Waals surface area contributed by atoms with Gasteiger partial charge in [0.2, 0.25) is 0 Å². The molecule has 0 aromatic heterocycles. The first-order chi connectivity index (χ1) is 8.15. The first-order valence-electron chi connectivity index (χ1n) is 4.90. The van der Waals surface area contributed by atoms with Gasteiger partial charge in [0.1, 0.15) is 0 Å². The van der Waals surface area contributed by atoms with Crippen molar-refractivity contribution in [2.24, 2.45) is 0 Å². The second kappa shape index (κ2) is 9.36. The van der Waals surface area contributed by atoms with Crippen LogP contribution in [0.3, 0.4) is 0 Å². The third-order valence-electron chi connectivity index (χ3n) is 2.04. The highest BCUT2D eigenvalue weighted by molar-refractivity contribution is 9.12. The molecule has 0 aromatic carbocycles. The molecule has 0 aliphatic heterocycles. The monoisotopic (exact) mass is 556 g/mol. The zero-order valence-corrected chi connectivity index (χ0v) is 17.2. The van der Waals surface area contributed by atoms with E-state index in [4.69, 9.17) is 25.9 Å². The average molecular weight is 560 g/mol. The molecule has 2 N–H and O–H groups in total. The SMILES string of the molecule is O=P(O)(O)OC(CC(Br)CBr)CC(Cl)(CBr)CBr. The summed E-state index contributed by atoms with van der Waals surface area (Å²) in [4.78, 5) is 17.2. The van der Waals surface area contributed by atoms with Crippen molar-refractivity contribution in [1.29, 1.82) is 0 Å². The Balaban J connectivity index is 4.70. The molecule has 2 atom stereocenters. The summed E-state index contributed by atoms with van der Waals surface area (Å²) < 4.78 is 15.8. The standard InChI is InChI=1S/C8H14Br4ClO4P/c9-3-6(12)1-7(17-18(14,15)16)2-8(13,4-10)5-11/h6-7H,1-5H2,(H2,14,15,16). The molecule has 0 bridgehead atoms. The van der Waals surface area contributed by atoms with E-state index in [2.05, 4.69) is 63.7 Å². The second-order valence-electron chi connectivity index (χ2n) is 3.83. The van der Waals surface area contributed by atoms with Crippen LogP contribution < -0.4 is 0 Å². The molecule has 10 heteroatoms. The Morgan fingerprint density at radius 3 is 2.11 bits per heavy atom. The normalized spacial score (nSPS) is 16.6. The Bertz CT molecular complexity index is 286. The minimum absolute atomic E-state index is 0.0561. The highest BCUT2D eigenvalue weighted by atomic mass is 79.9. The van der Waals surface area contributed by atoms with Crippen LogP contribution >= 0.6 is 83.1 Å². The number of phosphoric acid groups is 1. The quantitative estimate of drug-likeness (QED) is 0.329. The van der Waals surface area contributed by atoms with Crippen LogP contribution in [0.5, 0.6) is 0 Å². The van der Waals surface area contributed by atoms with Gasteiger partial charge < -0.3 is 9.79 Å². The summed E-state index contributed by atoms with van der Waals surface area (Å²) in [6.45, 7) is 0. The lowest BCUT2D eigenvalue weighted by molar-refractivity contribution is 0.115. The molecular weight excluding hydrogens is 546 g/mol. The summed E-state index contributed by atoms with van der Waals surface area (Å²) >= 11 is 19.6. The van der Waals surface area contributed by atoms with Gasteiger partial charge in [0, 0.05) is 20.8 Å². The maximum atomic E-state index is 11.0. The molecule has 0 aliphatic carbocycles. The maximum Gasteiger partial charge on any atom is 0.469 e. The maximum absolute atomic E-state index is 11.0. The Kier molecular flexibility index (Phi) is 10.6. The van der Waals surface area contributed by atoms with Crippen LogP contribution in [0.15, 0.2) is 0 Å². The lowest BCUT2D eigenvalue weighted by atomic mass is 10.0. The van der Waals surface area contributed by atoms with Crippen molar-refractivity contribution in [1.82, 2.24) is 0 Å². The topological polar surface area (TPSA) is 66.8 Å².